The van der Waals surface area contributed by atoms with Gasteiger partial charge < -0.3 is 15.0 Å². The number of nitrogens with one attached hydrogen (secondary N) is 2. The normalized spacial score (nSPS) is 16.4. The number of carbonyl (C=O) groups excluding carboxylic acids is 1. The van der Waals surface area contributed by atoms with Gasteiger partial charge in [0.05, 0.1) is 16.7 Å². The van der Waals surface area contributed by atoms with Crippen LogP contribution in [0.25, 0.3) is 10.9 Å². The molecule has 3 aromatic rings. The fourth-order valence-electron chi connectivity index (χ4n) is 3.87. The van der Waals surface area contributed by atoms with E-state index >= 15 is 0 Å². The van der Waals surface area contributed by atoms with Gasteiger partial charge in [-0.25, -0.2) is 0 Å². The van der Waals surface area contributed by atoms with Crippen LogP contribution in [0, 0.1) is 11.3 Å². The van der Waals surface area contributed by atoms with E-state index in [0.717, 1.165) is 46.3 Å². The van der Waals surface area contributed by atoms with Crippen molar-refractivity contribution in [1.29, 1.82) is 5.26 Å². The summed E-state index contributed by atoms with van der Waals surface area (Å²) in [6.45, 7) is 0.487. The maximum absolute atomic E-state index is 13.1. The summed E-state index contributed by atoms with van der Waals surface area (Å²) in [5.74, 6) is 1.10. The second-order valence-corrected chi connectivity index (χ2v) is 7.05. The number of ketones is 1. The number of benzene rings is 2. The van der Waals surface area contributed by atoms with Gasteiger partial charge in [-0.2, -0.15) is 5.26 Å². The maximum Gasteiger partial charge on any atom is 0.159 e. The lowest BCUT2D eigenvalue weighted by Crippen LogP contribution is -2.22. The molecular weight excluding hydrogens is 326 g/mol. The van der Waals surface area contributed by atoms with Crippen molar-refractivity contribution in [2.45, 2.75) is 24.7 Å². The highest BCUT2D eigenvalue weighted by atomic mass is 16.5. The molecule has 1 saturated carbocycles. The zero-order chi connectivity index (χ0) is 17.7. The minimum absolute atomic E-state index is 0.253. The Bertz CT molecular complexity index is 1090. The molecule has 0 radical (unpaired) electrons. The third kappa shape index (κ3) is 2.19. The van der Waals surface area contributed by atoms with Gasteiger partial charge in [-0.3, -0.25) is 4.79 Å². The Hall–Kier alpha value is -3.26. The van der Waals surface area contributed by atoms with E-state index < -0.39 is 0 Å². The van der Waals surface area contributed by atoms with Crippen LogP contribution in [0.15, 0.2) is 42.6 Å². The van der Waals surface area contributed by atoms with Gasteiger partial charge in [-0.05, 0) is 42.2 Å². The predicted molar refractivity (Wildman–Crippen MR) is 98.2 cm³/mol. The van der Waals surface area contributed by atoms with Gasteiger partial charge in [0, 0.05) is 23.5 Å². The summed E-state index contributed by atoms with van der Waals surface area (Å²) in [5.41, 5.74) is 4.19. The summed E-state index contributed by atoms with van der Waals surface area (Å²) >= 11 is 0. The number of nitrogens with zero attached hydrogens (tertiary/aromatic N) is 1. The Kier molecular flexibility index (Phi) is 3.10. The van der Waals surface area contributed by atoms with Crippen LogP contribution in [-0.4, -0.2) is 17.5 Å². The molecule has 0 spiro atoms. The van der Waals surface area contributed by atoms with Gasteiger partial charge in [0.25, 0.3) is 0 Å². The summed E-state index contributed by atoms with van der Waals surface area (Å²) in [6, 6.07) is 14.0. The van der Waals surface area contributed by atoms with Crippen LogP contribution >= 0.6 is 0 Å². The molecule has 0 bridgehead atoms. The van der Waals surface area contributed by atoms with Crippen LogP contribution in [0.5, 0.6) is 5.75 Å². The van der Waals surface area contributed by atoms with Gasteiger partial charge in [0.1, 0.15) is 17.6 Å². The van der Waals surface area contributed by atoms with Crippen molar-refractivity contribution in [2.24, 2.45) is 0 Å². The molecular formula is C21H17N3O2. The first-order valence-electron chi connectivity index (χ1n) is 8.74. The standard InChI is InChI=1S/C21H17N3O2/c22-10-14-11-23-17-7-13(1-3-16(14)17)8-20(25)21(5-6-21)15-2-4-19-18(9-15)24-12-26-19/h1-4,7,9,11,23-24H,5-6,8,12H2. The number of ether oxygens (including phenoxy) is 1. The monoisotopic (exact) mass is 343 g/mol. The molecule has 1 aliphatic heterocycles. The van der Waals surface area contributed by atoms with Crippen molar-refractivity contribution in [3.8, 4) is 11.8 Å². The number of H-pyrrole nitrogens is 1. The van der Waals surface area contributed by atoms with Crippen LogP contribution in [0.3, 0.4) is 0 Å². The van der Waals surface area contributed by atoms with Gasteiger partial charge in [-0.15, -0.1) is 0 Å². The van der Waals surface area contributed by atoms with E-state index in [9.17, 15) is 4.79 Å². The predicted octanol–water partition coefficient (Wildman–Crippen LogP) is 3.64. The van der Waals surface area contributed by atoms with Gasteiger partial charge in [0.2, 0.25) is 0 Å². The number of rotatable bonds is 4. The molecule has 2 aromatic carbocycles. The fraction of sp³-hybridized carbons (Fsp3) is 0.238. The Balaban J connectivity index is 1.42. The summed E-state index contributed by atoms with van der Waals surface area (Å²) in [6.07, 6.45) is 3.90. The molecule has 2 N–H and O–H groups in total. The van der Waals surface area contributed by atoms with E-state index in [1.165, 1.54) is 0 Å². The minimum Gasteiger partial charge on any atom is -0.471 e. The molecule has 0 unspecified atom stereocenters. The lowest BCUT2D eigenvalue weighted by atomic mass is 9.87. The van der Waals surface area contributed by atoms with Crippen molar-refractivity contribution < 1.29 is 9.53 Å². The maximum atomic E-state index is 13.1. The van der Waals surface area contributed by atoms with Crippen LogP contribution < -0.4 is 10.1 Å². The van der Waals surface area contributed by atoms with Crippen LogP contribution in [0.4, 0.5) is 5.69 Å². The average molecular weight is 343 g/mol. The highest BCUT2D eigenvalue weighted by molar-refractivity contribution is 5.96. The smallest absolute Gasteiger partial charge is 0.159 e. The van der Waals surface area contributed by atoms with E-state index in [0.29, 0.717) is 18.7 Å². The quantitative estimate of drug-likeness (QED) is 0.758. The number of fused-ring (bicyclic) bond motifs is 2. The Morgan fingerprint density at radius 1 is 1.23 bits per heavy atom. The van der Waals surface area contributed by atoms with E-state index in [2.05, 4.69) is 22.4 Å². The minimum atomic E-state index is -0.359. The molecule has 2 heterocycles. The Labute approximate surface area is 150 Å². The number of Topliss-reactive ketones (excluding diaryl/α,β-unsaturated/α-hetero) is 1. The van der Waals surface area contributed by atoms with Crippen molar-refractivity contribution in [3.05, 3.63) is 59.3 Å². The molecule has 26 heavy (non-hydrogen) atoms. The molecule has 0 amide bonds. The lowest BCUT2D eigenvalue weighted by molar-refractivity contribution is -0.120. The van der Waals surface area contributed by atoms with Gasteiger partial charge in [-0.1, -0.05) is 18.2 Å². The molecule has 5 rings (SSSR count). The largest absolute Gasteiger partial charge is 0.471 e. The molecule has 1 aromatic heterocycles. The number of aromatic nitrogens is 1. The molecule has 5 nitrogen and oxygen atoms in total. The Morgan fingerprint density at radius 3 is 2.92 bits per heavy atom. The summed E-state index contributed by atoms with van der Waals surface area (Å²) < 4.78 is 5.47. The topological polar surface area (TPSA) is 77.9 Å². The number of anilines is 1. The van der Waals surface area contributed by atoms with Crippen molar-refractivity contribution in [1.82, 2.24) is 4.98 Å². The number of hydrogen-bond acceptors (Lipinski definition) is 4. The van der Waals surface area contributed by atoms with Gasteiger partial charge >= 0.3 is 0 Å². The van der Waals surface area contributed by atoms with E-state index in [1.807, 2.05) is 30.3 Å². The fourth-order valence-corrected chi connectivity index (χ4v) is 3.87. The SMILES string of the molecule is N#Cc1c[nH]c2cc(CC(=O)C3(c4ccc5c(c4)NCO5)CC3)ccc12. The summed E-state index contributed by atoms with van der Waals surface area (Å²) in [4.78, 5) is 16.2. The van der Waals surface area contributed by atoms with Crippen molar-refractivity contribution in [2.75, 3.05) is 12.0 Å². The highest BCUT2D eigenvalue weighted by Crippen LogP contribution is 2.51. The molecule has 128 valence electrons. The number of aromatic amines is 1. The zero-order valence-electron chi connectivity index (χ0n) is 14.1. The van der Waals surface area contributed by atoms with Crippen LogP contribution in [0.2, 0.25) is 0 Å². The molecule has 1 fully saturated rings. The van der Waals surface area contributed by atoms with E-state index in [1.54, 1.807) is 6.20 Å². The summed E-state index contributed by atoms with van der Waals surface area (Å²) in [5, 5.41) is 13.2. The average Bonchev–Trinajstić information content (AvgIpc) is 3.17. The van der Waals surface area contributed by atoms with Crippen LogP contribution in [-0.2, 0) is 16.6 Å². The Morgan fingerprint density at radius 2 is 2.12 bits per heavy atom. The first-order chi connectivity index (χ1) is 12.7. The lowest BCUT2D eigenvalue weighted by Gasteiger charge is -2.15. The second kappa shape index (κ2) is 5.37. The van der Waals surface area contributed by atoms with Crippen LogP contribution in [0.1, 0.15) is 29.5 Å². The second-order valence-electron chi connectivity index (χ2n) is 7.05. The number of carbonyl (C=O) groups is 1. The molecule has 2 aliphatic rings. The van der Waals surface area contributed by atoms with Crippen molar-refractivity contribution in [3.63, 3.8) is 0 Å². The summed E-state index contributed by atoms with van der Waals surface area (Å²) in [7, 11) is 0. The molecule has 1 aliphatic carbocycles. The first-order valence-corrected chi connectivity index (χ1v) is 8.74. The first kappa shape index (κ1) is 15.0. The van der Waals surface area contributed by atoms with E-state index in [-0.39, 0.29) is 11.2 Å². The zero-order valence-corrected chi connectivity index (χ0v) is 14.1. The molecule has 0 atom stereocenters. The van der Waals surface area contributed by atoms with Crippen molar-refractivity contribution >= 4 is 22.4 Å². The molecule has 0 saturated heterocycles. The van der Waals surface area contributed by atoms with E-state index in [4.69, 9.17) is 10.00 Å². The number of hydrogen-bond donors (Lipinski definition) is 2. The number of nitriles is 1. The third-order valence-electron chi connectivity index (χ3n) is 5.54. The van der Waals surface area contributed by atoms with Gasteiger partial charge in [0.15, 0.2) is 6.73 Å². The highest BCUT2D eigenvalue weighted by Gasteiger charge is 2.50. The molecule has 5 heteroatoms. The third-order valence-corrected chi connectivity index (χ3v) is 5.54.